The van der Waals surface area contributed by atoms with Gasteiger partial charge in [-0.3, -0.25) is 0 Å². The predicted octanol–water partition coefficient (Wildman–Crippen LogP) is 2.10. The number of aliphatic imine (C=N–C) groups is 1. The van der Waals surface area contributed by atoms with Crippen molar-refractivity contribution in [3.63, 3.8) is 0 Å². The lowest BCUT2D eigenvalue weighted by Crippen LogP contribution is -2.23. The summed E-state index contributed by atoms with van der Waals surface area (Å²) in [6.45, 7) is 2.12. The molecule has 2 atom stereocenters. The first-order valence-corrected chi connectivity index (χ1v) is 4.46. The molecule has 0 unspecified atom stereocenters. The van der Waals surface area contributed by atoms with Gasteiger partial charge >= 0.3 is 0 Å². The van der Waals surface area contributed by atoms with E-state index >= 15 is 0 Å². The van der Waals surface area contributed by atoms with E-state index in [1.54, 1.807) is 7.11 Å². The lowest BCUT2D eigenvalue weighted by atomic mass is 9.93. The van der Waals surface area contributed by atoms with Crippen molar-refractivity contribution in [1.29, 1.82) is 0 Å². The van der Waals surface area contributed by atoms with Crippen molar-refractivity contribution in [2.75, 3.05) is 7.11 Å². The van der Waals surface area contributed by atoms with Crippen LogP contribution in [-0.4, -0.2) is 19.0 Å². The Morgan fingerprint density at radius 1 is 1.31 bits per heavy atom. The molecule has 0 aromatic carbocycles. The molecule has 3 aliphatic rings. The second-order valence-electron chi connectivity index (χ2n) is 3.32. The molecule has 68 valence electrons. The fourth-order valence-corrected chi connectivity index (χ4v) is 1.70. The highest BCUT2D eigenvalue weighted by Crippen LogP contribution is 2.24. The van der Waals surface area contributed by atoms with Crippen molar-refractivity contribution < 1.29 is 4.74 Å². The number of dihydropyridines is 1. The molecule has 0 radical (unpaired) electrons. The monoisotopic (exact) mass is 175 g/mol. The van der Waals surface area contributed by atoms with Gasteiger partial charge in [0.1, 0.15) is 0 Å². The van der Waals surface area contributed by atoms with Crippen molar-refractivity contribution in [2.45, 2.75) is 13.0 Å². The van der Waals surface area contributed by atoms with Gasteiger partial charge < -0.3 is 4.74 Å². The average molecular weight is 175 g/mol. The maximum absolute atomic E-state index is 5.26. The molecule has 0 saturated carbocycles. The van der Waals surface area contributed by atoms with E-state index in [9.17, 15) is 0 Å². The van der Waals surface area contributed by atoms with Crippen molar-refractivity contribution in [2.24, 2.45) is 10.9 Å². The Kier molecular flexibility index (Phi) is 2.05. The highest BCUT2D eigenvalue weighted by molar-refractivity contribution is 5.85. The molecule has 0 aromatic rings. The zero-order chi connectivity index (χ0) is 9.26. The molecule has 2 nitrogen and oxygen atoms in total. The number of hydrogen-bond donors (Lipinski definition) is 0. The van der Waals surface area contributed by atoms with Crippen LogP contribution in [0.4, 0.5) is 0 Å². The highest BCUT2D eigenvalue weighted by atomic mass is 16.5. The number of hydrogen-bond acceptors (Lipinski definition) is 2. The molecule has 2 bridgehead atoms. The third kappa shape index (κ3) is 1.44. The van der Waals surface area contributed by atoms with Gasteiger partial charge in [-0.25, -0.2) is 4.99 Å². The lowest BCUT2D eigenvalue weighted by molar-refractivity contribution is 0.377. The first kappa shape index (κ1) is 8.30. The highest BCUT2D eigenvalue weighted by Gasteiger charge is 2.22. The normalized spacial score (nSPS) is 30.6. The van der Waals surface area contributed by atoms with Crippen molar-refractivity contribution in [3.05, 3.63) is 36.0 Å². The Hall–Kier alpha value is -1.31. The number of fused-ring (bicyclic) bond motifs is 1. The third-order valence-corrected chi connectivity index (χ3v) is 2.40. The summed E-state index contributed by atoms with van der Waals surface area (Å²) in [5.41, 5.74) is 1.32. The second kappa shape index (κ2) is 3.21. The van der Waals surface area contributed by atoms with Crippen LogP contribution in [0.25, 0.3) is 0 Å². The minimum Gasteiger partial charge on any atom is -0.484 e. The van der Waals surface area contributed by atoms with Crippen LogP contribution in [0.1, 0.15) is 6.92 Å². The third-order valence-electron chi connectivity index (χ3n) is 2.40. The molecule has 2 heteroatoms. The first-order valence-electron chi connectivity index (χ1n) is 4.46. The van der Waals surface area contributed by atoms with Crippen molar-refractivity contribution in [3.8, 4) is 0 Å². The Bertz CT molecular complexity index is 323. The van der Waals surface area contributed by atoms with E-state index in [-0.39, 0.29) is 12.0 Å². The largest absolute Gasteiger partial charge is 0.484 e. The molecule has 0 spiro atoms. The van der Waals surface area contributed by atoms with Gasteiger partial charge in [0, 0.05) is 0 Å². The topological polar surface area (TPSA) is 21.6 Å². The first-order chi connectivity index (χ1) is 6.31. The zero-order valence-corrected chi connectivity index (χ0v) is 7.90. The molecule has 0 aromatic heterocycles. The maximum Gasteiger partial charge on any atom is 0.195 e. The molecule has 1 aliphatic carbocycles. The number of ether oxygens (including phenoxy) is 1. The van der Waals surface area contributed by atoms with Gasteiger partial charge in [-0.1, -0.05) is 36.0 Å². The van der Waals surface area contributed by atoms with Gasteiger partial charge in [-0.15, -0.1) is 0 Å². The number of methoxy groups -OCH3 is 1. The molecule has 13 heavy (non-hydrogen) atoms. The summed E-state index contributed by atoms with van der Waals surface area (Å²) in [5.74, 6) is 1.07. The minimum absolute atomic E-state index is 0.163. The number of nitrogens with zero attached hydrogens (tertiary/aromatic N) is 1. The van der Waals surface area contributed by atoms with Gasteiger partial charge in [0.05, 0.1) is 19.1 Å². The molecule has 0 saturated heterocycles. The Morgan fingerprint density at radius 3 is 2.85 bits per heavy atom. The Morgan fingerprint density at radius 2 is 2.08 bits per heavy atom. The Balaban J connectivity index is 2.43. The summed E-state index contributed by atoms with van der Waals surface area (Å²) < 4.78 is 5.26. The van der Waals surface area contributed by atoms with E-state index in [0.717, 1.165) is 5.90 Å². The molecule has 2 heterocycles. The van der Waals surface area contributed by atoms with Crippen LogP contribution in [-0.2, 0) is 4.74 Å². The SMILES string of the molecule is COC1=N[C@H]2C=CC=C[C@@H]1C(C)=C2. The molecular weight excluding hydrogens is 162 g/mol. The molecule has 2 aliphatic heterocycles. The van der Waals surface area contributed by atoms with Crippen LogP contribution in [0.5, 0.6) is 0 Å². The van der Waals surface area contributed by atoms with Crippen LogP contribution in [0.15, 0.2) is 40.9 Å². The van der Waals surface area contributed by atoms with Gasteiger partial charge in [0.15, 0.2) is 5.90 Å². The zero-order valence-electron chi connectivity index (χ0n) is 7.90. The smallest absolute Gasteiger partial charge is 0.195 e. The van der Waals surface area contributed by atoms with E-state index < -0.39 is 0 Å². The van der Waals surface area contributed by atoms with E-state index in [0.29, 0.717) is 0 Å². The van der Waals surface area contributed by atoms with Crippen LogP contribution >= 0.6 is 0 Å². The molecule has 3 rings (SSSR count). The summed E-state index contributed by atoms with van der Waals surface area (Å²) >= 11 is 0. The number of rotatable bonds is 0. The summed E-state index contributed by atoms with van der Waals surface area (Å²) in [7, 11) is 1.68. The van der Waals surface area contributed by atoms with E-state index in [2.05, 4.69) is 36.2 Å². The fourth-order valence-electron chi connectivity index (χ4n) is 1.70. The van der Waals surface area contributed by atoms with Gasteiger partial charge in [-0.2, -0.15) is 0 Å². The van der Waals surface area contributed by atoms with Crippen LogP contribution in [0.2, 0.25) is 0 Å². The second-order valence-corrected chi connectivity index (χ2v) is 3.32. The number of allylic oxidation sites excluding steroid dienone is 2. The molecule has 0 fully saturated rings. The van der Waals surface area contributed by atoms with E-state index in [1.165, 1.54) is 5.57 Å². The fraction of sp³-hybridized carbons (Fsp3) is 0.364. The van der Waals surface area contributed by atoms with Gasteiger partial charge in [0.25, 0.3) is 0 Å². The summed E-state index contributed by atoms with van der Waals surface area (Å²) in [4.78, 5) is 4.45. The lowest BCUT2D eigenvalue weighted by Gasteiger charge is -2.23. The van der Waals surface area contributed by atoms with E-state index in [4.69, 9.17) is 4.74 Å². The average Bonchev–Trinajstić information content (AvgIpc) is 2.07. The van der Waals surface area contributed by atoms with Gasteiger partial charge in [0.2, 0.25) is 0 Å². The quantitative estimate of drug-likeness (QED) is 0.517. The van der Waals surface area contributed by atoms with Crippen LogP contribution in [0.3, 0.4) is 0 Å². The summed E-state index contributed by atoms with van der Waals surface area (Å²) in [6, 6.07) is 0.163. The van der Waals surface area contributed by atoms with Crippen molar-refractivity contribution >= 4 is 5.90 Å². The van der Waals surface area contributed by atoms with Gasteiger partial charge in [-0.05, 0) is 6.92 Å². The summed E-state index contributed by atoms with van der Waals surface area (Å²) in [6.07, 6.45) is 10.4. The maximum atomic E-state index is 5.26. The van der Waals surface area contributed by atoms with Crippen LogP contribution < -0.4 is 0 Å². The molecule has 0 amide bonds. The van der Waals surface area contributed by atoms with Crippen molar-refractivity contribution in [1.82, 2.24) is 0 Å². The molecule has 0 N–H and O–H groups in total. The predicted molar refractivity (Wildman–Crippen MR) is 53.8 cm³/mol. The Labute approximate surface area is 78.3 Å². The van der Waals surface area contributed by atoms with Crippen LogP contribution in [0, 0.1) is 5.92 Å². The summed E-state index contributed by atoms with van der Waals surface area (Å²) in [5, 5.41) is 0. The molecular formula is C11H13NO. The van der Waals surface area contributed by atoms with E-state index in [1.807, 2.05) is 6.08 Å². The standard InChI is InChI=1S/C11H13NO/c1-8-7-9-5-3-4-6-10(8)11(12-9)13-2/h3-7,9-10H,1-2H3/t9-,10+/m0/s1. The minimum atomic E-state index is 0.163.